The number of nitrogen functional groups attached to an aromatic ring is 1. The van der Waals surface area contributed by atoms with Crippen LogP contribution in [0.3, 0.4) is 0 Å². The first kappa shape index (κ1) is 13.8. The molecule has 5 heteroatoms. The number of aromatic nitrogens is 2. The predicted molar refractivity (Wildman–Crippen MR) is 84.8 cm³/mol. The average Bonchev–Trinajstić information content (AvgIpc) is 2.95. The molecular formula is C16H22N4O. The van der Waals surface area contributed by atoms with Crippen LogP contribution < -0.4 is 15.4 Å². The number of nitrogens with two attached hydrogens (primary N) is 1. The Morgan fingerprint density at radius 2 is 2.00 bits per heavy atom. The Labute approximate surface area is 125 Å². The fourth-order valence-corrected chi connectivity index (χ4v) is 2.92. The monoisotopic (exact) mass is 286 g/mol. The van der Waals surface area contributed by atoms with Gasteiger partial charge in [0.2, 0.25) is 0 Å². The van der Waals surface area contributed by atoms with Gasteiger partial charge >= 0.3 is 0 Å². The molecule has 0 radical (unpaired) electrons. The number of anilines is 2. The molecule has 5 nitrogen and oxygen atoms in total. The lowest BCUT2D eigenvalue weighted by Crippen LogP contribution is -2.32. The van der Waals surface area contributed by atoms with E-state index in [4.69, 9.17) is 10.5 Å². The Morgan fingerprint density at radius 1 is 1.29 bits per heavy atom. The van der Waals surface area contributed by atoms with Crippen LogP contribution in [0.15, 0.2) is 30.3 Å². The second-order valence-corrected chi connectivity index (χ2v) is 5.44. The van der Waals surface area contributed by atoms with Gasteiger partial charge in [-0.15, -0.1) is 0 Å². The van der Waals surface area contributed by atoms with E-state index in [0.717, 1.165) is 37.4 Å². The minimum absolute atomic E-state index is 0.512. The molecule has 0 aliphatic carbocycles. The van der Waals surface area contributed by atoms with Gasteiger partial charge in [-0.3, -0.25) is 5.10 Å². The van der Waals surface area contributed by atoms with Gasteiger partial charge in [0.25, 0.3) is 0 Å². The molecule has 0 amide bonds. The summed E-state index contributed by atoms with van der Waals surface area (Å²) in [7, 11) is 0. The van der Waals surface area contributed by atoms with Crippen molar-refractivity contribution in [2.75, 3.05) is 30.3 Å². The third-order valence-corrected chi connectivity index (χ3v) is 4.04. The Morgan fingerprint density at radius 3 is 2.57 bits per heavy atom. The molecule has 1 saturated heterocycles. The SMILES string of the molecule is CCOc1ccc(N2CCC(c3cc(N)[nH]n3)CC2)cc1. The van der Waals surface area contributed by atoms with Gasteiger partial charge in [-0.05, 0) is 44.0 Å². The van der Waals surface area contributed by atoms with Crippen molar-refractivity contribution in [2.24, 2.45) is 0 Å². The van der Waals surface area contributed by atoms with E-state index in [2.05, 4.69) is 27.2 Å². The molecule has 112 valence electrons. The number of H-pyrrole nitrogens is 1. The number of hydrogen-bond acceptors (Lipinski definition) is 4. The third-order valence-electron chi connectivity index (χ3n) is 4.04. The molecule has 21 heavy (non-hydrogen) atoms. The van der Waals surface area contributed by atoms with Crippen LogP contribution in [0.25, 0.3) is 0 Å². The molecular weight excluding hydrogens is 264 g/mol. The normalized spacial score (nSPS) is 16.1. The van der Waals surface area contributed by atoms with Crippen molar-refractivity contribution in [1.82, 2.24) is 10.2 Å². The van der Waals surface area contributed by atoms with E-state index in [1.54, 1.807) is 0 Å². The molecule has 0 bridgehead atoms. The number of hydrogen-bond donors (Lipinski definition) is 2. The summed E-state index contributed by atoms with van der Waals surface area (Å²) in [5.41, 5.74) is 8.06. The van der Waals surface area contributed by atoms with Gasteiger partial charge in [0.1, 0.15) is 11.6 Å². The quantitative estimate of drug-likeness (QED) is 0.907. The van der Waals surface area contributed by atoms with E-state index in [1.807, 2.05) is 25.1 Å². The van der Waals surface area contributed by atoms with Crippen LogP contribution in [-0.2, 0) is 0 Å². The lowest BCUT2D eigenvalue weighted by atomic mass is 9.93. The second kappa shape index (κ2) is 6.08. The summed E-state index contributed by atoms with van der Waals surface area (Å²) >= 11 is 0. The van der Waals surface area contributed by atoms with Crippen molar-refractivity contribution in [3.05, 3.63) is 36.0 Å². The van der Waals surface area contributed by atoms with Gasteiger partial charge in [0.05, 0.1) is 12.3 Å². The lowest BCUT2D eigenvalue weighted by Gasteiger charge is -2.33. The number of nitrogens with zero attached hydrogens (tertiary/aromatic N) is 2. The smallest absolute Gasteiger partial charge is 0.119 e. The van der Waals surface area contributed by atoms with Crippen molar-refractivity contribution < 1.29 is 4.74 Å². The van der Waals surface area contributed by atoms with E-state index in [9.17, 15) is 0 Å². The Balaban J connectivity index is 1.60. The molecule has 1 aliphatic rings. The van der Waals surface area contributed by atoms with E-state index in [-0.39, 0.29) is 0 Å². The summed E-state index contributed by atoms with van der Waals surface area (Å²) in [4.78, 5) is 2.42. The van der Waals surface area contributed by atoms with E-state index in [0.29, 0.717) is 18.3 Å². The van der Waals surface area contributed by atoms with Crippen molar-refractivity contribution in [1.29, 1.82) is 0 Å². The van der Waals surface area contributed by atoms with Crippen LogP contribution >= 0.6 is 0 Å². The molecule has 1 fully saturated rings. The first-order chi connectivity index (χ1) is 10.3. The van der Waals surface area contributed by atoms with Crippen LogP contribution in [0.1, 0.15) is 31.4 Å². The number of rotatable bonds is 4. The van der Waals surface area contributed by atoms with Gasteiger partial charge in [-0.1, -0.05) is 0 Å². The van der Waals surface area contributed by atoms with Crippen LogP contribution in [0, 0.1) is 0 Å². The zero-order valence-corrected chi connectivity index (χ0v) is 12.4. The highest BCUT2D eigenvalue weighted by molar-refractivity contribution is 5.49. The Kier molecular flexibility index (Phi) is 3.99. The van der Waals surface area contributed by atoms with Crippen LogP contribution in [0.4, 0.5) is 11.5 Å². The van der Waals surface area contributed by atoms with Crippen LogP contribution in [-0.4, -0.2) is 29.9 Å². The molecule has 1 aromatic heterocycles. The second-order valence-electron chi connectivity index (χ2n) is 5.44. The zero-order valence-electron chi connectivity index (χ0n) is 12.4. The fourth-order valence-electron chi connectivity index (χ4n) is 2.92. The summed E-state index contributed by atoms with van der Waals surface area (Å²) in [6, 6.07) is 10.3. The molecule has 0 atom stereocenters. The standard InChI is InChI=1S/C16H22N4O/c1-2-21-14-5-3-13(4-6-14)20-9-7-12(8-10-20)15-11-16(17)19-18-15/h3-6,11-12H,2,7-10H2,1H3,(H3,17,18,19). The maximum absolute atomic E-state index is 5.70. The molecule has 3 N–H and O–H groups in total. The summed E-state index contributed by atoms with van der Waals surface area (Å²) in [5.74, 6) is 2.10. The molecule has 0 spiro atoms. The van der Waals surface area contributed by atoms with Crippen LogP contribution in [0.5, 0.6) is 5.75 Å². The molecule has 2 heterocycles. The fraction of sp³-hybridized carbons (Fsp3) is 0.438. The number of aromatic amines is 1. The molecule has 1 aliphatic heterocycles. The average molecular weight is 286 g/mol. The number of benzene rings is 1. The minimum atomic E-state index is 0.512. The largest absolute Gasteiger partial charge is 0.494 e. The molecule has 0 saturated carbocycles. The summed E-state index contributed by atoms with van der Waals surface area (Å²) in [6.45, 7) is 4.80. The minimum Gasteiger partial charge on any atom is -0.494 e. The van der Waals surface area contributed by atoms with Gasteiger partial charge in [0.15, 0.2) is 0 Å². The first-order valence-electron chi connectivity index (χ1n) is 7.55. The van der Waals surface area contributed by atoms with Gasteiger partial charge in [-0.2, -0.15) is 5.10 Å². The maximum Gasteiger partial charge on any atom is 0.119 e. The maximum atomic E-state index is 5.70. The molecule has 3 rings (SSSR count). The topological polar surface area (TPSA) is 67.2 Å². The van der Waals surface area contributed by atoms with Gasteiger partial charge < -0.3 is 15.4 Å². The highest BCUT2D eigenvalue weighted by atomic mass is 16.5. The van der Waals surface area contributed by atoms with Crippen molar-refractivity contribution >= 4 is 11.5 Å². The van der Waals surface area contributed by atoms with Gasteiger partial charge in [-0.25, -0.2) is 0 Å². The van der Waals surface area contributed by atoms with Gasteiger partial charge in [0, 0.05) is 30.8 Å². The first-order valence-corrected chi connectivity index (χ1v) is 7.55. The lowest BCUT2D eigenvalue weighted by molar-refractivity contribution is 0.340. The highest BCUT2D eigenvalue weighted by Gasteiger charge is 2.22. The molecule has 1 aromatic carbocycles. The third kappa shape index (κ3) is 3.12. The highest BCUT2D eigenvalue weighted by Crippen LogP contribution is 2.30. The van der Waals surface area contributed by atoms with Crippen LogP contribution in [0.2, 0.25) is 0 Å². The number of ether oxygens (including phenoxy) is 1. The Bertz CT molecular complexity index is 570. The number of piperidine rings is 1. The van der Waals surface area contributed by atoms with E-state index < -0.39 is 0 Å². The van der Waals surface area contributed by atoms with Crippen molar-refractivity contribution in [3.63, 3.8) is 0 Å². The molecule has 0 unspecified atom stereocenters. The van der Waals surface area contributed by atoms with Crippen molar-refractivity contribution in [3.8, 4) is 5.75 Å². The predicted octanol–water partition coefficient (Wildman–Crippen LogP) is 2.77. The summed E-state index contributed by atoms with van der Waals surface area (Å²) in [6.07, 6.45) is 2.22. The van der Waals surface area contributed by atoms with Crippen molar-refractivity contribution in [2.45, 2.75) is 25.7 Å². The summed E-state index contributed by atoms with van der Waals surface area (Å²) in [5, 5.41) is 7.11. The van der Waals surface area contributed by atoms with E-state index in [1.165, 1.54) is 5.69 Å². The van der Waals surface area contributed by atoms with E-state index >= 15 is 0 Å². The molecule has 2 aromatic rings. The number of nitrogens with one attached hydrogen (secondary N) is 1. The Hall–Kier alpha value is -2.17. The summed E-state index contributed by atoms with van der Waals surface area (Å²) < 4.78 is 5.48. The zero-order chi connectivity index (χ0) is 14.7.